The van der Waals surface area contributed by atoms with Gasteiger partial charge in [0.05, 0.1) is 0 Å². The van der Waals surface area contributed by atoms with Crippen LogP contribution in [0.25, 0.3) is 0 Å². The average Bonchev–Trinajstić information content (AvgIpc) is 1.39. The Morgan fingerprint density at radius 2 is 1.33 bits per heavy atom. The molecule has 0 amide bonds. The molecule has 0 aliphatic heterocycles. The van der Waals surface area contributed by atoms with Gasteiger partial charge in [-0.15, -0.1) is 0 Å². The first-order chi connectivity index (χ1) is 2.83. The second kappa shape index (κ2) is 16.1. The molecule has 0 aliphatic carbocycles. The molecule has 6 heavy (non-hydrogen) atoms. The van der Waals surface area contributed by atoms with Crippen LogP contribution in [0, 0.1) is 0 Å². The van der Waals surface area contributed by atoms with Gasteiger partial charge in [0.1, 0.15) is 0 Å². The Morgan fingerprint density at radius 3 is 1.33 bits per heavy atom. The number of hydrogen-bond donors (Lipinski definition) is 0. The Kier molecular flexibility index (Phi) is 28.0. The average molecular weight is 231 g/mol. The Morgan fingerprint density at radius 1 is 1.33 bits per heavy atom. The third kappa shape index (κ3) is 51.2. The first kappa shape index (κ1) is 10.4. The molecular weight excluding hydrogens is 231 g/mol. The van der Waals surface area contributed by atoms with Crippen molar-refractivity contribution in [3.63, 3.8) is 0 Å². The first-order valence-corrected chi connectivity index (χ1v) is 3.90. The Labute approximate surface area is 56.0 Å². The van der Waals surface area contributed by atoms with Gasteiger partial charge in [0.25, 0.3) is 0 Å². The van der Waals surface area contributed by atoms with Gasteiger partial charge in [-0.3, -0.25) is 0 Å². The molecule has 0 aliphatic rings. The first-order valence-electron chi connectivity index (χ1n) is 0.467. The van der Waals surface area contributed by atoms with Gasteiger partial charge in [0.15, 0.2) is 0 Å². The number of hydrogen-bond acceptors (Lipinski definition) is 0. The summed E-state index contributed by atoms with van der Waals surface area (Å²) in [4.78, 5) is 0. The molecule has 6 heteroatoms. The number of rotatable bonds is 0. The molecule has 0 rings (SSSR count). The molecular formula is Cl2CuF2Ni. The van der Waals surface area contributed by atoms with E-state index in [9.17, 15) is 7.10 Å². The van der Waals surface area contributed by atoms with Gasteiger partial charge in [-0.05, 0) is 0 Å². The summed E-state index contributed by atoms with van der Waals surface area (Å²) < 4.78 is 19.1. The summed E-state index contributed by atoms with van der Waals surface area (Å²) in [5.41, 5.74) is 0. The molecule has 0 atom stereocenters. The van der Waals surface area contributed by atoms with Crippen LogP contribution in [0.3, 0.4) is 0 Å². The van der Waals surface area contributed by atoms with Gasteiger partial charge in [0, 0.05) is 0 Å². The second-order valence-electron chi connectivity index (χ2n) is 0.0882. The van der Waals surface area contributed by atoms with E-state index < -0.39 is 15.9 Å². The fourth-order valence-electron chi connectivity index (χ4n) is 0. The van der Waals surface area contributed by atoms with Crippen LogP contribution in [0.5, 0.6) is 0 Å². The maximum atomic E-state index is 9.53. The van der Waals surface area contributed by atoms with Gasteiger partial charge in [-0.25, -0.2) is 0 Å². The van der Waals surface area contributed by atoms with Crippen molar-refractivity contribution in [1.29, 1.82) is 0 Å². The van der Waals surface area contributed by atoms with E-state index in [4.69, 9.17) is 20.4 Å². The fraction of sp³-hybridized carbons (Fsp3) is 0. The summed E-state index contributed by atoms with van der Waals surface area (Å²) in [6, 6.07) is 0. The molecule has 49 valence electrons. The van der Waals surface area contributed by atoms with Crippen molar-refractivity contribution in [3.8, 4) is 0 Å². The fourth-order valence-corrected chi connectivity index (χ4v) is 0. The van der Waals surface area contributed by atoms with Crippen molar-refractivity contribution in [2.75, 3.05) is 0 Å². The van der Waals surface area contributed by atoms with E-state index in [2.05, 4.69) is 0 Å². The normalized spacial score (nSPS) is 7.33. The molecule has 0 heterocycles. The molecule has 0 aromatic heterocycles. The summed E-state index contributed by atoms with van der Waals surface area (Å²) in [7, 11) is 9.40. The molecule has 0 unspecified atom stereocenters. The minimum atomic E-state index is -1.19. The molecule has 0 saturated heterocycles. The predicted octanol–water partition coefficient (Wildman–Crippen LogP) is 2.21. The third-order valence-electron chi connectivity index (χ3n) is 0. The molecule has 0 radical (unpaired) electrons. The van der Waals surface area contributed by atoms with Gasteiger partial charge in [-0.2, -0.15) is 0 Å². The van der Waals surface area contributed by atoms with Crippen LogP contribution in [0.2, 0.25) is 0 Å². The molecule has 0 N–H and O–H groups in total. The zero-order valence-corrected chi connectivity index (χ0v) is 5.57. The predicted molar refractivity (Wildman–Crippen MR) is 13.9 cm³/mol. The van der Waals surface area contributed by atoms with Gasteiger partial charge in [-0.1, -0.05) is 0 Å². The summed E-state index contributed by atoms with van der Waals surface area (Å²) in [5, 5.41) is 0. The second-order valence-corrected chi connectivity index (χ2v) is 1.85. The quantitative estimate of drug-likeness (QED) is 0.561. The Balaban J connectivity index is 0. The molecule has 0 bridgehead atoms. The van der Waals surface area contributed by atoms with E-state index in [0.29, 0.717) is 12.7 Å². The van der Waals surface area contributed by atoms with E-state index in [1.54, 1.807) is 0 Å². The van der Waals surface area contributed by atoms with E-state index in [0.717, 1.165) is 0 Å². The summed E-state index contributed by atoms with van der Waals surface area (Å²) in [6.45, 7) is 0. The van der Waals surface area contributed by atoms with Gasteiger partial charge >= 0.3 is 56.0 Å². The van der Waals surface area contributed by atoms with Crippen LogP contribution in [0.4, 0.5) is 7.10 Å². The Hall–Kier alpha value is 1.45. The van der Waals surface area contributed by atoms with Gasteiger partial charge in [0.2, 0.25) is 0 Å². The standard InChI is InChI=1S/2ClH.Cu.2FH.Ni/h2*1H;;2*1H;/q;;+2;;;+2/p-4. The molecule has 0 saturated carbocycles. The van der Waals surface area contributed by atoms with Gasteiger partial charge < -0.3 is 0 Å². The molecule has 0 fully saturated rings. The van der Waals surface area contributed by atoms with Crippen molar-refractivity contribution < 1.29 is 35.6 Å². The third-order valence-corrected chi connectivity index (χ3v) is 0. The number of halogens is 4. The molecule has 0 aromatic rings. The van der Waals surface area contributed by atoms with Crippen molar-refractivity contribution in [3.05, 3.63) is 0 Å². The van der Waals surface area contributed by atoms with Crippen LogP contribution in [0.15, 0.2) is 0 Å². The van der Waals surface area contributed by atoms with E-state index in [1.165, 1.54) is 0 Å². The summed E-state index contributed by atoms with van der Waals surface area (Å²) in [6.07, 6.45) is 0. The van der Waals surface area contributed by atoms with E-state index in [-0.39, 0.29) is 0 Å². The topological polar surface area (TPSA) is 0 Å². The molecule has 0 spiro atoms. The SMILES string of the molecule is [Cl][Ni][Cl].[F][Cu][F]. The van der Waals surface area contributed by atoms with Crippen LogP contribution in [-0.2, 0) is 28.5 Å². The minimum absolute atomic E-state index is 0.569. The van der Waals surface area contributed by atoms with E-state index >= 15 is 0 Å². The van der Waals surface area contributed by atoms with Crippen molar-refractivity contribution in [1.82, 2.24) is 0 Å². The monoisotopic (exact) mass is 229 g/mol. The van der Waals surface area contributed by atoms with Crippen LogP contribution < -0.4 is 0 Å². The van der Waals surface area contributed by atoms with Crippen molar-refractivity contribution in [2.45, 2.75) is 0 Å². The Bertz CT molecular complexity index is 13.5. The maximum absolute atomic E-state index is 9.53. The molecule has 0 nitrogen and oxygen atoms in total. The van der Waals surface area contributed by atoms with Crippen molar-refractivity contribution >= 4 is 20.4 Å². The van der Waals surface area contributed by atoms with Crippen LogP contribution in [-0.4, -0.2) is 0 Å². The van der Waals surface area contributed by atoms with Crippen LogP contribution in [0.1, 0.15) is 0 Å². The molecule has 0 aromatic carbocycles. The van der Waals surface area contributed by atoms with Crippen molar-refractivity contribution in [2.24, 2.45) is 0 Å². The zero-order chi connectivity index (χ0) is 5.41. The van der Waals surface area contributed by atoms with E-state index in [1.807, 2.05) is 0 Å². The van der Waals surface area contributed by atoms with Crippen LogP contribution >= 0.6 is 20.4 Å². The zero-order valence-electron chi connectivity index (χ0n) is 2.13. The summed E-state index contributed by atoms with van der Waals surface area (Å²) >= 11 is -0.618. The summed E-state index contributed by atoms with van der Waals surface area (Å²) in [5.74, 6) is 0.